The Morgan fingerprint density at radius 1 is 0.970 bits per heavy atom. The Labute approximate surface area is 191 Å². The molecule has 0 radical (unpaired) electrons. The summed E-state index contributed by atoms with van der Waals surface area (Å²) in [6.45, 7) is 0. The van der Waals surface area contributed by atoms with Gasteiger partial charge in [-0.2, -0.15) is 5.26 Å². The van der Waals surface area contributed by atoms with Crippen molar-refractivity contribution in [3.05, 3.63) is 102 Å². The average molecular weight is 435 g/mol. The van der Waals surface area contributed by atoms with Crippen molar-refractivity contribution in [2.24, 2.45) is 0 Å². The second kappa shape index (κ2) is 9.75. The number of hydrogen-bond donors (Lipinski definition) is 1. The monoisotopic (exact) mass is 435 g/mol. The van der Waals surface area contributed by atoms with Crippen molar-refractivity contribution in [3.8, 4) is 17.3 Å². The first-order valence-corrected chi connectivity index (χ1v) is 10.4. The molecule has 0 saturated carbocycles. The number of nitrogens with one attached hydrogen (secondary N) is 1. The van der Waals surface area contributed by atoms with Crippen LogP contribution >= 0.6 is 0 Å². The van der Waals surface area contributed by atoms with E-state index in [0.717, 1.165) is 5.56 Å². The van der Waals surface area contributed by atoms with Crippen LogP contribution in [0.4, 0.5) is 0 Å². The first-order chi connectivity index (χ1) is 16.1. The highest BCUT2D eigenvalue weighted by Crippen LogP contribution is 2.31. The normalized spacial score (nSPS) is 11.4. The number of fused-ring (bicyclic) bond motifs is 1. The highest BCUT2D eigenvalue weighted by atomic mass is 16.5. The summed E-state index contributed by atoms with van der Waals surface area (Å²) in [7, 11) is 1.28. The quantitative estimate of drug-likeness (QED) is 0.447. The van der Waals surface area contributed by atoms with Crippen LogP contribution in [0.2, 0.25) is 0 Å². The summed E-state index contributed by atoms with van der Waals surface area (Å²) in [5, 5.41) is 13.0. The van der Waals surface area contributed by atoms with Crippen molar-refractivity contribution in [1.29, 1.82) is 5.26 Å². The number of carbonyl (C=O) groups excluding carboxylic acids is 2. The van der Waals surface area contributed by atoms with E-state index in [4.69, 9.17) is 9.72 Å². The Bertz CT molecular complexity index is 1350. The number of pyridine rings is 1. The van der Waals surface area contributed by atoms with Gasteiger partial charge in [0.2, 0.25) is 0 Å². The molecular formula is C27H21N3O3. The van der Waals surface area contributed by atoms with Gasteiger partial charge in [-0.1, -0.05) is 78.9 Å². The Balaban J connectivity index is 1.90. The molecule has 0 aliphatic heterocycles. The Hall–Kier alpha value is -4.50. The van der Waals surface area contributed by atoms with Gasteiger partial charge in [0.05, 0.1) is 36.4 Å². The predicted octanol–water partition coefficient (Wildman–Crippen LogP) is 4.61. The van der Waals surface area contributed by atoms with Gasteiger partial charge in [-0.25, -0.2) is 9.78 Å². The van der Waals surface area contributed by atoms with Gasteiger partial charge in [0, 0.05) is 16.5 Å². The summed E-state index contributed by atoms with van der Waals surface area (Å²) < 4.78 is 4.94. The van der Waals surface area contributed by atoms with Crippen molar-refractivity contribution >= 4 is 22.8 Å². The molecule has 6 nitrogen and oxygen atoms in total. The zero-order chi connectivity index (χ0) is 23.2. The van der Waals surface area contributed by atoms with Crippen molar-refractivity contribution in [1.82, 2.24) is 10.3 Å². The summed E-state index contributed by atoms with van der Waals surface area (Å²) in [5.41, 5.74) is 3.42. The Morgan fingerprint density at radius 3 is 2.27 bits per heavy atom. The number of nitriles is 1. The molecular weight excluding hydrogens is 414 g/mol. The van der Waals surface area contributed by atoms with Gasteiger partial charge in [0.1, 0.15) is 0 Å². The minimum atomic E-state index is -0.995. The van der Waals surface area contributed by atoms with E-state index in [1.807, 2.05) is 54.6 Å². The van der Waals surface area contributed by atoms with Gasteiger partial charge in [-0.3, -0.25) is 4.79 Å². The number of amides is 1. The lowest BCUT2D eigenvalue weighted by molar-refractivity contribution is -0.143. The maximum atomic E-state index is 13.7. The second-order valence-electron chi connectivity index (χ2n) is 7.37. The fourth-order valence-corrected chi connectivity index (χ4v) is 3.84. The molecule has 0 aliphatic carbocycles. The standard InChI is InChI=1S/C27H21N3O3/c1-33-27(32)25(19-12-6-3-7-13-19)30-26(31)23-20-14-8-9-15-22(20)29-24(21(23)16-17-28)18-10-4-2-5-11-18/h2-15,25H,16H2,1H3,(H,30,31)/t25-/m0/s1. The molecule has 1 N–H and O–H groups in total. The van der Waals surface area contributed by atoms with Crippen molar-refractivity contribution in [3.63, 3.8) is 0 Å². The number of hydrogen-bond acceptors (Lipinski definition) is 5. The number of nitrogens with zero attached hydrogens (tertiary/aromatic N) is 2. The van der Waals surface area contributed by atoms with Crippen LogP contribution in [-0.2, 0) is 16.0 Å². The number of ether oxygens (including phenoxy) is 1. The summed E-state index contributed by atoms with van der Waals surface area (Å²) in [6, 6.07) is 26.8. The molecule has 1 atom stereocenters. The molecule has 3 aromatic carbocycles. The van der Waals surface area contributed by atoms with E-state index in [9.17, 15) is 14.9 Å². The summed E-state index contributed by atoms with van der Waals surface area (Å²) in [4.78, 5) is 31.0. The van der Waals surface area contributed by atoms with Crippen LogP contribution in [0, 0.1) is 11.3 Å². The van der Waals surface area contributed by atoms with Crippen LogP contribution in [0.25, 0.3) is 22.2 Å². The number of methoxy groups -OCH3 is 1. The van der Waals surface area contributed by atoms with Crippen LogP contribution in [0.5, 0.6) is 0 Å². The first kappa shape index (κ1) is 21.7. The maximum Gasteiger partial charge on any atom is 0.333 e. The van der Waals surface area contributed by atoms with E-state index in [2.05, 4.69) is 11.4 Å². The molecule has 0 spiro atoms. The molecule has 33 heavy (non-hydrogen) atoms. The Morgan fingerprint density at radius 2 is 1.61 bits per heavy atom. The molecule has 6 heteroatoms. The third-order valence-corrected chi connectivity index (χ3v) is 5.37. The number of benzene rings is 3. The van der Waals surface area contributed by atoms with E-state index in [-0.39, 0.29) is 6.42 Å². The lowest BCUT2D eigenvalue weighted by Gasteiger charge is -2.20. The highest BCUT2D eigenvalue weighted by molar-refractivity contribution is 6.10. The second-order valence-corrected chi connectivity index (χ2v) is 7.37. The van der Waals surface area contributed by atoms with E-state index in [1.54, 1.807) is 30.3 Å². The summed E-state index contributed by atoms with van der Waals surface area (Å²) in [5.74, 6) is -1.06. The van der Waals surface area contributed by atoms with E-state index in [0.29, 0.717) is 33.3 Å². The molecule has 1 heterocycles. The van der Waals surface area contributed by atoms with Crippen molar-refractivity contribution in [2.75, 3.05) is 7.11 Å². The van der Waals surface area contributed by atoms with Crippen LogP contribution < -0.4 is 5.32 Å². The number of para-hydroxylation sites is 1. The molecule has 1 amide bonds. The highest BCUT2D eigenvalue weighted by Gasteiger charge is 2.27. The molecule has 0 saturated heterocycles. The van der Waals surface area contributed by atoms with Crippen molar-refractivity contribution in [2.45, 2.75) is 12.5 Å². The summed E-state index contributed by atoms with van der Waals surface area (Å²) in [6.07, 6.45) is -0.0148. The molecule has 4 aromatic rings. The zero-order valence-corrected chi connectivity index (χ0v) is 18.0. The lowest BCUT2D eigenvalue weighted by Crippen LogP contribution is -2.35. The molecule has 1 aromatic heterocycles. The number of aromatic nitrogens is 1. The minimum Gasteiger partial charge on any atom is -0.467 e. The molecule has 0 fully saturated rings. The van der Waals surface area contributed by atoms with Gasteiger partial charge in [-0.05, 0) is 11.6 Å². The minimum absolute atomic E-state index is 0.0148. The van der Waals surface area contributed by atoms with E-state index >= 15 is 0 Å². The van der Waals surface area contributed by atoms with Crippen molar-refractivity contribution < 1.29 is 14.3 Å². The fraction of sp³-hybridized carbons (Fsp3) is 0.111. The third-order valence-electron chi connectivity index (χ3n) is 5.37. The van der Waals surface area contributed by atoms with Gasteiger partial charge >= 0.3 is 5.97 Å². The molecule has 0 unspecified atom stereocenters. The first-order valence-electron chi connectivity index (χ1n) is 10.4. The maximum absolute atomic E-state index is 13.7. The lowest BCUT2D eigenvalue weighted by atomic mass is 9.94. The molecule has 0 bridgehead atoms. The zero-order valence-electron chi connectivity index (χ0n) is 18.0. The summed E-state index contributed by atoms with van der Waals surface area (Å²) >= 11 is 0. The molecule has 0 aliphatic rings. The van der Waals surface area contributed by atoms with Gasteiger partial charge in [-0.15, -0.1) is 0 Å². The fourth-order valence-electron chi connectivity index (χ4n) is 3.84. The van der Waals surface area contributed by atoms with Crippen LogP contribution in [0.15, 0.2) is 84.9 Å². The van der Waals surface area contributed by atoms with Gasteiger partial charge < -0.3 is 10.1 Å². The van der Waals surface area contributed by atoms with Crippen LogP contribution in [0.3, 0.4) is 0 Å². The smallest absolute Gasteiger partial charge is 0.333 e. The largest absolute Gasteiger partial charge is 0.467 e. The van der Waals surface area contributed by atoms with Gasteiger partial charge in [0.15, 0.2) is 6.04 Å². The molecule has 162 valence electrons. The Kier molecular flexibility index (Phi) is 6.42. The average Bonchev–Trinajstić information content (AvgIpc) is 2.87. The number of rotatable bonds is 6. The van der Waals surface area contributed by atoms with Crippen LogP contribution in [-0.4, -0.2) is 24.0 Å². The molecule has 4 rings (SSSR count). The van der Waals surface area contributed by atoms with Gasteiger partial charge in [0.25, 0.3) is 5.91 Å². The SMILES string of the molecule is COC(=O)[C@@H](NC(=O)c1c(CC#N)c(-c2ccccc2)nc2ccccc12)c1ccccc1. The number of esters is 1. The van der Waals surface area contributed by atoms with Crippen LogP contribution in [0.1, 0.15) is 27.5 Å². The number of carbonyl (C=O) groups is 2. The van der Waals surface area contributed by atoms with E-state index in [1.165, 1.54) is 7.11 Å². The third kappa shape index (κ3) is 4.43. The predicted molar refractivity (Wildman–Crippen MR) is 125 cm³/mol. The topological polar surface area (TPSA) is 92.1 Å². The van der Waals surface area contributed by atoms with E-state index < -0.39 is 17.9 Å².